The van der Waals surface area contributed by atoms with Gasteiger partial charge in [0.1, 0.15) is 5.82 Å². The molecule has 0 saturated heterocycles. The zero-order valence-electron chi connectivity index (χ0n) is 17.7. The van der Waals surface area contributed by atoms with Crippen molar-refractivity contribution >= 4 is 16.8 Å². The topological polar surface area (TPSA) is 64.0 Å². The van der Waals surface area contributed by atoms with Gasteiger partial charge in [-0.3, -0.25) is 15.0 Å². The van der Waals surface area contributed by atoms with E-state index in [-0.39, 0.29) is 29.2 Å². The van der Waals surface area contributed by atoms with E-state index in [4.69, 9.17) is 0 Å². The van der Waals surface area contributed by atoms with Crippen LogP contribution in [0.5, 0.6) is 0 Å². The maximum Gasteiger partial charge on any atom is 0.280 e. The summed E-state index contributed by atoms with van der Waals surface area (Å²) < 4.78 is 1.37. The van der Waals surface area contributed by atoms with Crippen molar-refractivity contribution in [3.05, 3.63) is 76.3 Å². The molecule has 30 heavy (non-hydrogen) atoms. The highest BCUT2D eigenvalue weighted by atomic mass is 16.2. The van der Waals surface area contributed by atoms with Crippen LogP contribution in [0, 0.1) is 5.92 Å². The van der Waals surface area contributed by atoms with Crippen LogP contribution in [0.2, 0.25) is 0 Å². The van der Waals surface area contributed by atoms with Gasteiger partial charge in [-0.2, -0.15) is 0 Å². The quantitative estimate of drug-likeness (QED) is 0.655. The molecule has 1 unspecified atom stereocenters. The van der Waals surface area contributed by atoms with E-state index in [1.165, 1.54) is 11.1 Å². The van der Waals surface area contributed by atoms with E-state index < -0.39 is 0 Å². The van der Waals surface area contributed by atoms with Gasteiger partial charge in [0.25, 0.3) is 5.56 Å². The molecule has 1 aromatic heterocycles. The zero-order chi connectivity index (χ0) is 21.1. The molecule has 0 radical (unpaired) electrons. The van der Waals surface area contributed by atoms with Gasteiger partial charge in [-0.15, -0.1) is 0 Å². The number of carbonyl (C=O) groups is 1. The second kappa shape index (κ2) is 8.82. The molecule has 3 aromatic rings. The molecule has 1 heterocycles. The Labute approximate surface area is 177 Å². The summed E-state index contributed by atoms with van der Waals surface area (Å²) >= 11 is 0. The fourth-order valence-electron chi connectivity index (χ4n) is 4.59. The lowest BCUT2D eigenvalue weighted by Gasteiger charge is -2.30. The van der Waals surface area contributed by atoms with Crippen molar-refractivity contribution in [2.75, 3.05) is 5.43 Å². The first-order valence-electron chi connectivity index (χ1n) is 10.9. The van der Waals surface area contributed by atoms with E-state index in [0.717, 1.165) is 31.2 Å². The molecule has 5 nitrogen and oxygen atoms in total. The highest BCUT2D eigenvalue weighted by Gasteiger charge is 2.32. The first kappa shape index (κ1) is 20.3. The Morgan fingerprint density at radius 1 is 1.00 bits per heavy atom. The Morgan fingerprint density at radius 2 is 1.67 bits per heavy atom. The number of fused-ring (bicyclic) bond motifs is 1. The second-order valence-electron chi connectivity index (χ2n) is 8.54. The molecule has 1 fully saturated rings. The molecule has 0 spiro atoms. The van der Waals surface area contributed by atoms with Gasteiger partial charge in [0.05, 0.1) is 16.8 Å². The van der Waals surface area contributed by atoms with Gasteiger partial charge in [-0.05, 0) is 36.5 Å². The Bertz CT molecular complexity index is 1080. The van der Waals surface area contributed by atoms with E-state index in [9.17, 15) is 9.59 Å². The Kier molecular flexibility index (Phi) is 5.98. The van der Waals surface area contributed by atoms with Crippen LogP contribution in [0.4, 0.5) is 0 Å². The number of carbonyl (C=O) groups excluding carboxylic acids is 1. The van der Waals surface area contributed by atoms with Crippen molar-refractivity contribution in [2.45, 2.75) is 57.8 Å². The standard InChI is InChI=1S/C25H29N3O2/c1-17(2)23-26-21-16-10-9-15-20(21)25(30)28(23)27-24(29)22(18-11-5-3-6-12-18)19-13-7-4-8-14-19/h3,5-6,9-12,15-17,19,22H,4,7-8,13-14H2,1-2H3,(H,27,29). The summed E-state index contributed by atoms with van der Waals surface area (Å²) in [6, 6.07) is 17.2. The third-order valence-electron chi connectivity index (χ3n) is 6.10. The van der Waals surface area contributed by atoms with Crippen LogP contribution in [-0.2, 0) is 4.79 Å². The number of nitrogens with zero attached hydrogens (tertiary/aromatic N) is 2. The molecule has 1 saturated carbocycles. The number of rotatable bonds is 5. The van der Waals surface area contributed by atoms with E-state index in [1.807, 2.05) is 62.4 Å². The number of hydrogen-bond donors (Lipinski definition) is 1. The normalized spacial score (nSPS) is 16.0. The van der Waals surface area contributed by atoms with Gasteiger partial charge in [0.15, 0.2) is 0 Å². The van der Waals surface area contributed by atoms with Gasteiger partial charge in [-0.1, -0.05) is 75.6 Å². The third-order valence-corrected chi connectivity index (χ3v) is 6.10. The molecular weight excluding hydrogens is 374 g/mol. The van der Waals surface area contributed by atoms with Crippen molar-refractivity contribution in [3.8, 4) is 0 Å². The van der Waals surface area contributed by atoms with Crippen molar-refractivity contribution < 1.29 is 4.79 Å². The lowest BCUT2D eigenvalue weighted by Crippen LogP contribution is -2.40. The molecule has 4 rings (SSSR count). The number of benzene rings is 2. The highest BCUT2D eigenvalue weighted by molar-refractivity contribution is 5.91. The molecule has 5 heteroatoms. The van der Waals surface area contributed by atoms with Gasteiger partial charge in [0.2, 0.25) is 5.91 Å². The summed E-state index contributed by atoms with van der Waals surface area (Å²) in [6.45, 7) is 3.96. The summed E-state index contributed by atoms with van der Waals surface area (Å²) in [4.78, 5) is 31.5. The summed E-state index contributed by atoms with van der Waals surface area (Å²) in [5, 5.41) is 0.510. The van der Waals surface area contributed by atoms with Gasteiger partial charge in [0, 0.05) is 5.92 Å². The largest absolute Gasteiger partial charge is 0.280 e. The average Bonchev–Trinajstić information content (AvgIpc) is 2.77. The maximum absolute atomic E-state index is 13.6. The van der Waals surface area contributed by atoms with Crippen LogP contribution in [0.3, 0.4) is 0 Å². The summed E-state index contributed by atoms with van der Waals surface area (Å²) in [7, 11) is 0. The lowest BCUT2D eigenvalue weighted by molar-refractivity contribution is -0.120. The van der Waals surface area contributed by atoms with Crippen LogP contribution in [-0.4, -0.2) is 15.6 Å². The molecule has 156 valence electrons. The number of nitrogens with one attached hydrogen (secondary N) is 1. The minimum absolute atomic E-state index is 0.00698. The lowest BCUT2D eigenvalue weighted by atomic mass is 9.76. The first-order valence-corrected chi connectivity index (χ1v) is 10.9. The van der Waals surface area contributed by atoms with Crippen LogP contribution in [0.1, 0.15) is 69.2 Å². The zero-order valence-corrected chi connectivity index (χ0v) is 17.7. The van der Waals surface area contributed by atoms with Crippen LogP contribution in [0.15, 0.2) is 59.4 Å². The van der Waals surface area contributed by atoms with Crippen molar-refractivity contribution in [1.29, 1.82) is 0 Å². The predicted molar refractivity (Wildman–Crippen MR) is 120 cm³/mol. The third kappa shape index (κ3) is 4.02. The fourth-order valence-corrected chi connectivity index (χ4v) is 4.59. The van der Waals surface area contributed by atoms with Crippen LogP contribution < -0.4 is 11.0 Å². The van der Waals surface area contributed by atoms with E-state index in [0.29, 0.717) is 16.7 Å². The summed E-state index contributed by atoms with van der Waals surface area (Å²) in [6.07, 6.45) is 5.60. The number of para-hydroxylation sites is 1. The Balaban J connectivity index is 1.75. The maximum atomic E-state index is 13.6. The second-order valence-corrected chi connectivity index (χ2v) is 8.54. The number of hydrogen-bond acceptors (Lipinski definition) is 3. The van der Waals surface area contributed by atoms with Gasteiger partial charge in [-0.25, -0.2) is 9.66 Å². The molecule has 0 aliphatic heterocycles. The minimum Gasteiger partial charge on any atom is -0.273 e. The monoisotopic (exact) mass is 403 g/mol. The van der Waals surface area contributed by atoms with Crippen molar-refractivity contribution in [3.63, 3.8) is 0 Å². The predicted octanol–water partition coefficient (Wildman–Crippen LogP) is 4.95. The molecule has 2 aromatic carbocycles. The molecule has 1 aliphatic rings. The average molecular weight is 404 g/mol. The minimum atomic E-state index is -0.273. The van der Waals surface area contributed by atoms with E-state index in [2.05, 4.69) is 10.4 Å². The van der Waals surface area contributed by atoms with E-state index >= 15 is 0 Å². The Morgan fingerprint density at radius 3 is 2.37 bits per heavy atom. The number of aromatic nitrogens is 2. The van der Waals surface area contributed by atoms with E-state index in [1.54, 1.807) is 6.07 Å². The molecular formula is C25H29N3O2. The van der Waals surface area contributed by atoms with Crippen LogP contribution >= 0.6 is 0 Å². The van der Waals surface area contributed by atoms with Crippen LogP contribution in [0.25, 0.3) is 10.9 Å². The summed E-state index contributed by atoms with van der Waals surface area (Å²) in [5.41, 5.74) is 4.39. The molecule has 0 bridgehead atoms. The molecule has 1 amide bonds. The molecule has 1 atom stereocenters. The SMILES string of the molecule is CC(C)c1nc2ccccc2c(=O)n1NC(=O)C(c1ccccc1)C1CCCCC1. The molecule has 1 N–H and O–H groups in total. The highest BCUT2D eigenvalue weighted by Crippen LogP contribution is 2.36. The fraction of sp³-hybridized carbons (Fsp3) is 0.400. The van der Waals surface area contributed by atoms with Gasteiger partial charge >= 0.3 is 0 Å². The Hall–Kier alpha value is -2.95. The smallest absolute Gasteiger partial charge is 0.273 e. The van der Waals surface area contributed by atoms with Gasteiger partial charge < -0.3 is 0 Å². The van der Waals surface area contributed by atoms with Crippen molar-refractivity contribution in [2.24, 2.45) is 5.92 Å². The summed E-state index contributed by atoms with van der Waals surface area (Å²) in [5.74, 6) is 0.446. The molecule has 1 aliphatic carbocycles. The number of amides is 1. The van der Waals surface area contributed by atoms with Crippen molar-refractivity contribution in [1.82, 2.24) is 9.66 Å². The first-order chi connectivity index (χ1) is 14.6.